The smallest absolute Gasteiger partial charge is 0.387 e. The minimum atomic E-state index is -2.82. The quantitative estimate of drug-likeness (QED) is 0.787. The lowest BCUT2D eigenvalue weighted by Crippen LogP contribution is -2.19. The molecule has 2 aromatic rings. The van der Waals surface area contributed by atoms with Crippen molar-refractivity contribution in [3.05, 3.63) is 53.3 Å². The fraction of sp³-hybridized carbons (Fsp3) is 0.368. The number of aryl methyl sites for hydroxylation is 1. The summed E-state index contributed by atoms with van der Waals surface area (Å²) in [5.74, 6) is -0.0228. The average Bonchev–Trinajstić information content (AvgIpc) is 2.65. The molecule has 1 heterocycles. The van der Waals surface area contributed by atoms with E-state index >= 15 is 0 Å². The second-order valence-electron chi connectivity index (χ2n) is 6.12. The van der Waals surface area contributed by atoms with Crippen molar-refractivity contribution in [1.82, 2.24) is 4.98 Å². The molecule has 138 valence electrons. The molecule has 0 saturated carbocycles. The minimum absolute atomic E-state index is 0.188. The van der Waals surface area contributed by atoms with Gasteiger partial charge in [0.1, 0.15) is 5.75 Å². The van der Waals surface area contributed by atoms with Crippen LogP contribution >= 0.6 is 0 Å². The highest BCUT2D eigenvalue weighted by Crippen LogP contribution is 2.34. The summed E-state index contributed by atoms with van der Waals surface area (Å²) in [5, 5.41) is 3.27. The first-order chi connectivity index (χ1) is 12.6. The molecule has 5 nitrogen and oxygen atoms in total. The first-order valence-electron chi connectivity index (χ1n) is 8.42. The Hall–Kier alpha value is -2.70. The van der Waals surface area contributed by atoms with Crippen LogP contribution in [-0.4, -0.2) is 31.2 Å². The summed E-state index contributed by atoms with van der Waals surface area (Å²) in [5.41, 5.74) is 3.19. The zero-order valence-corrected chi connectivity index (χ0v) is 14.4. The van der Waals surface area contributed by atoms with E-state index in [2.05, 4.69) is 15.0 Å². The lowest BCUT2D eigenvalue weighted by Gasteiger charge is -2.27. The molecule has 0 radical (unpaired) electrons. The number of nitrogens with zero attached hydrogens (tertiary/aromatic N) is 1. The molecule has 1 atom stereocenters. The fourth-order valence-electron chi connectivity index (χ4n) is 3.34. The third-order valence-electron chi connectivity index (χ3n) is 4.54. The number of benzene rings is 1. The highest BCUT2D eigenvalue weighted by Gasteiger charge is 2.22. The van der Waals surface area contributed by atoms with Crippen molar-refractivity contribution in [2.75, 3.05) is 19.0 Å². The van der Waals surface area contributed by atoms with Crippen LogP contribution in [0.1, 0.15) is 40.2 Å². The van der Waals surface area contributed by atoms with E-state index < -0.39 is 12.6 Å². The van der Waals surface area contributed by atoms with E-state index in [4.69, 9.17) is 4.74 Å². The third-order valence-corrected chi connectivity index (χ3v) is 4.54. The summed E-state index contributed by atoms with van der Waals surface area (Å²) in [4.78, 5) is 15.9. The number of ether oxygens (including phenoxy) is 2. The van der Waals surface area contributed by atoms with Gasteiger partial charge in [0, 0.05) is 18.7 Å². The maximum absolute atomic E-state index is 12.4. The molecule has 1 aromatic carbocycles. The van der Waals surface area contributed by atoms with Gasteiger partial charge < -0.3 is 14.8 Å². The van der Waals surface area contributed by atoms with Crippen molar-refractivity contribution in [2.45, 2.75) is 31.8 Å². The van der Waals surface area contributed by atoms with Crippen molar-refractivity contribution >= 4 is 11.7 Å². The number of carbonyl (C=O) groups excluding carboxylic acids is 1. The second kappa shape index (κ2) is 8.12. The van der Waals surface area contributed by atoms with Gasteiger partial charge in [0.15, 0.2) is 0 Å². The number of anilines is 1. The standard InChI is InChI=1S/C19H20F2N2O3/c1-25-18(24)16-7-8-22-11-17(16)23-10-13-4-2-3-12-9-14(26-19(20)21)5-6-15(12)13/h5-9,11,13,19,23H,2-4,10H2,1H3/t13-/m1/s1. The van der Waals surface area contributed by atoms with Gasteiger partial charge in [-0.3, -0.25) is 4.98 Å². The summed E-state index contributed by atoms with van der Waals surface area (Å²) in [6, 6.07) is 6.73. The Kier molecular flexibility index (Phi) is 5.65. The van der Waals surface area contributed by atoms with Crippen molar-refractivity contribution in [3.8, 4) is 5.75 Å². The number of carbonyl (C=O) groups is 1. The van der Waals surface area contributed by atoms with Crippen LogP contribution in [0.5, 0.6) is 5.75 Å². The Bertz CT molecular complexity index is 783. The summed E-state index contributed by atoms with van der Waals surface area (Å²) in [6.07, 6.45) is 5.91. The largest absolute Gasteiger partial charge is 0.465 e. The first-order valence-corrected chi connectivity index (χ1v) is 8.42. The molecule has 26 heavy (non-hydrogen) atoms. The first kappa shape index (κ1) is 18.1. The molecule has 0 aliphatic heterocycles. The highest BCUT2D eigenvalue weighted by atomic mass is 19.3. The number of aromatic nitrogens is 1. The number of alkyl halides is 2. The van der Waals surface area contributed by atoms with Crippen molar-refractivity contribution < 1.29 is 23.0 Å². The molecule has 7 heteroatoms. The molecule has 0 bridgehead atoms. The van der Waals surface area contributed by atoms with Crippen LogP contribution in [0.2, 0.25) is 0 Å². The molecule has 0 fully saturated rings. The number of esters is 1. The lowest BCUT2D eigenvalue weighted by atomic mass is 9.82. The van der Waals surface area contributed by atoms with Gasteiger partial charge in [0.2, 0.25) is 0 Å². The zero-order chi connectivity index (χ0) is 18.5. The Morgan fingerprint density at radius 1 is 1.38 bits per heavy atom. The molecular weight excluding hydrogens is 342 g/mol. The Morgan fingerprint density at radius 2 is 2.23 bits per heavy atom. The van der Waals surface area contributed by atoms with E-state index in [1.165, 1.54) is 13.3 Å². The molecule has 0 saturated heterocycles. The van der Waals surface area contributed by atoms with E-state index in [-0.39, 0.29) is 11.7 Å². The maximum atomic E-state index is 12.4. The van der Waals surface area contributed by atoms with Gasteiger partial charge in [-0.05, 0) is 48.6 Å². The number of methoxy groups -OCH3 is 1. The molecular formula is C19H20F2N2O3. The van der Waals surface area contributed by atoms with Gasteiger partial charge in [-0.15, -0.1) is 0 Å². The van der Waals surface area contributed by atoms with Crippen LogP contribution in [0.15, 0.2) is 36.7 Å². The van der Waals surface area contributed by atoms with Gasteiger partial charge in [0.25, 0.3) is 0 Å². The number of nitrogens with one attached hydrogen (secondary N) is 1. The fourth-order valence-corrected chi connectivity index (χ4v) is 3.34. The minimum Gasteiger partial charge on any atom is -0.465 e. The summed E-state index contributed by atoms with van der Waals surface area (Å²) in [7, 11) is 1.34. The van der Waals surface area contributed by atoms with Gasteiger partial charge >= 0.3 is 12.6 Å². The predicted octanol–water partition coefficient (Wildman–Crippen LogP) is 4.00. The highest BCUT2D eigenvalue weighted by molar-refractivity contribution is 5.95. The number of rotatable bonds is 6. The number of hydrogen-bond donors (Lipinski definition) is 1. The molecule has 0 unspecified atom stereocenters. The number of halogens is 2. The molecule has 1 aliphatic rings. The molecule has 0 amide bonds. The second-order valence-corrected chi connectivity index (χ2v) is 6.12. The van der Waals surface area contributed by atoms with E-state index in [0.29, 0.717) is 17.8 Å². The van der Waals surface area contributed by atoms with Crippen molar-refractivity contribution in [3.63, 3.8) is 0 Å². The zero-order valence-electron chi connectivity index (χ0n) is 14.4. The molecule has 1 aliphatic carbocycles. The molecule has 1 aromatic heterocycles. The Morgan fingerprint density at radius 3 is 3.00 bits per heavy atom. The summed E-state index contributed by atoms with van der Waals surface area (Å²) < 4.78 is 34.1. The van der Waals surface area contributed by atoms with Gasteiger partial charge in [-0.2, -0.15) is 8.78 Å². The van der Waals surface area contributed by atoms with Crippen LogP contribution < -0.4 is 10.1 Å². The van der Waals surface area contributed by atoms with E-state index in [0.717, 1.165) is 30.4 Å². The van der Waals surface area contributed by atoms with Gasteiger partial charge in [-0.1, -0.05) is 6.07 Å². The predicted molar refractivity (Wildman–Crippen MR) is 92.8 cm³/mol. The molecule has 3 rings (SSSR count). The Labute approximate surface area is 150 Å². The van der Waals surface area contributed by atoms with Crippen LogP contribution in [0, 0.1) is 0 Å². The van der Waals surface area contributed by atoms with Crippen LogP contribution in [-0.2, 0) is 11.2 Å². The van der Waals surface area contributed by atoms with Crippen LogP contribution in [0.25, 0.3) is 0 Å². The number of fused-ring (bicyclic) bond motifs is 1. The normalized spacial score (nSPS) is 16.1. The average molecular weight is 362 g/mol. The van der Waals surface area contributed by atoms with Gasteiger partial charge in [-0.25, -0.2) is 4.79 Å². The number of pyridine rings is 1. The number of hydrogen-bond acceptors (Lipinski definition) is 5. The third kappa shape index (κ3) is 4.09. The topological polar surface area (TPSA) is 60.5 Å². The van der Waals surface area contributed by atoms with Crippen molar-refractivity contribution in [1.29, 1.82) is 0 Å². The summed E-state index contributed by atoms with van der Waals surface area (Å²) >= 11 is 0. The van der Waals surface area contributed by atoms with Crippen LogP contribution in [0.3, 0.4) is 0 Å². The molecule has 1 N–H and O–H groups in total. The lowest BCUT2D eigenvalue weighted by molar-refractivity contribution is -0.0499. The maximum Gasteiger partial charge on any atom is 0.387 e. The van der Waals surface area contributed by atoms with E-state index in [1.54, 1.807) is 24.4 Å². The van der Waals surface area contributed by atoms with E-state index in [9.17, 15) is 13.6 Å². The van der Waals surface area contributed by atoms with Crippen molar-refractivity contribution in [2.24, 2.45) is 0 Å². The van der Waals surface area contributed by atoms with Crippen LogP contribution in [0.4, 0.5) is 14.5 Å². The van der Waals surface area contributed by atoms with Gasteiger partial charge in [0.05, 0.1) is 24.6 Å². The van der Waals surface area contributed by atoms with E-state index in [1.807, 2.05) is 6.07 Å². The summed E-state index contributed by atoms with van der Waals surface area (Å²) in [6.45, 7) is -2.21. The Balaban J connectivity index is 1.74. The monoisotopic (exact) mass is 362 g/mol. The SMILES string of the molecule is COC(=O)c1ccncc1NC[C@H]1CCCc2cc(OC(F)F)ccc21. The molecule has 0 spiro atoms.